The van der Waals surface area contributed by atoms with Gasteiger partial charge in [0.25, 0.3) is 11.8 Å². The maximum atomic E-state index is 13.7. The van der Waals surface area contributed by atoms with Gasteiger partial charge < -0.3 is 5.32 Å². The summed E-state index contributed by atoms with van der Waals surface area (Å²) in [6.07, 6.45) is -4.07. The lowest BCUT2D eigenvalue weighted by atomic mass is 10.2. The van der Waals surface area contributed by atoms with E-state index < -0.39 is 36.2 Å². The fourth-order valence-corrected chi connectivity index (χ4v) is 2.18. The summed E-state index contributed by atoms with van der Waals surface area (Å²) in [5.41, 5.74) is -1.34. The first-order chi connectivity index (χ1) is 10.1. The van der Waals surface area contributed by atoms with E-state index in [2.05, 4.69) is 10.3 Å². The Labute approximate surface area is 123 Å². The first-order valence-electron chi connectivity index (χ1n) is 6.58. The van der Waals surface area contributed by atoms with Gasteiger partial charge in [0.2, 0.25) is 0 Å². The molecule has 1 atom stereocenters. The zero-order valence-electron chi connectivity index (χ0n) is 11.6. The zero-order chi connectivity index (χ0) is 16.5. The Bertz CT molecular complexity index is 544. The maximum Gasteiger partial charge on any atom is 0.417 e. The van der Waals surface area contributed by atoms with E-state index >= 15 is 0 Å². The van der Waals surface area contributed by atoms with E-state index in [1.165, 1.54) is 4.90 Å². The van der Waals surface area contributed by atoms with E-state index in [1.54, 1.807) is 6.92 Å². The lowest BCUT2D eigenvalue weighted by Crippen LogP contribution is -2.46. The van der Waals surface area contributed by atoms with Crippen LogP contribution < -0.4 is 5.32 Å². The van der Waals surface area contributed by atoms with Crippen molar-refractivity contribution in [1.29, 1.82) is 0 Å². The largest absolute Gasteiger partial charge is 0.417 e. The number of hydrogen-bond donors (Lipinski definition) is 1. The SMILES string of the molecule is CCN1CC(NC(=O)c2ccc(C(F)(F)F)cn2)C(F)(F)C1. The third-order valence-corrected chi connectivity index (χ3v) is 3.46. The van der Waals surface area contributed by atoms with Gasteiger partial charge in [-0.05, 0) is 18.7 Å². The Balaban J connectivity index is 2.06. The van der Waals surface area contributed by atoms with Crippen LogP contribution in [0.2, 0.25) is 0 Å². The molecule has 1 aromatic heterocycles. The van der Waals surface area contributed by atoms with Crippen molar-refractivity contribution in [3.63, 3.8) is 0 Å². The molecule has 0 saturated carbocycles. The molecule has 1 saturated heterocycles. The second-order valence-electron chi connectivity index (χ2n) is 5.04. The van der Waals surface area contributed by atoms with Gasteiger partial charge in [-0.2, -0.15) is 13.2 Å². The van der Waals surface area contributed by atoms with E-state index in [1.807, 2.05) is 0 Å². The smallest absolute Gasteiger partial charge is 0.341 e. The van der Waals surface area contributed by atoms with Crippen molar-refractivity contribution >= 4 is 5.91 Å². The van der Waals surface area contributed by atoms with E-state index in [0.29, 0.717) is 18.8 Å². The number of nitrogens with zero attached hydrogens (tertiary/aromatic N) is 2. The lowest BCUT2D eigenvalue weighted by molar-refractivity contribution is -0.137. The molecule has 1 unspecified atom stereocenters. The molecule has 9 heteroatoms. The van der Waals surface area contributed by atoms with Crippen LogP contribution in [0, 0.1) is 0 Å². The van der Waals surface area contributed by atoms with E-state index in [4.69, 9.17) is 0 Å². The number of carbonyl (C=O) groups excluding carboxylic acids is 1. The Morgan fingerprint density at radius 1 is 1.45 bits per heavy atom. The molecule has 0 radical (unpaired) electrons. The van der Waals surface area contributed by atoms with Crippen LogP contribution in [0.3, 0.4) is 0 Å². The topological polar surface area (TPSA) is 45.2 Å². The number of likely N-dealkylation sites (tertiary alicyclic amines) is 1. The molecule has 122 valence electrons. The molecule has 4 nitrogen and oxygen atoms in total. The summed E-state index contributed by atoms with van der Waals surface area (Å²) in [5, 5.41) is 2.13. The normalized spacial score (nSPS) is 21.8. The van der Waals surface area contributed by atoms with Crippen LogP contribution in [0.25, 0.3) is 0 Å². The molecule has 1 aliphatic rings. The van der Waals surface area contributed by atoms with Gasteiger partial charge in [0.1, 0.15) is 11.7 Å². The second kappa shape index (κ2) is 5.79. The van der Waals surface area contributed by atoms with E-state index in [-0.39, 0.29) is 12.2 Å². The van der Waals surface area contributed by atoms with Crippen molar-refractivity contribution in [2.75, 3.05) is 19.6 Å². The Hall–Kier alpha value is -1.77. The molecule has 0 aromatic carbocycles. The van der Waals surface area contributed by atoms with Crippen molar-refractivity contribution in [2.24, 2.45) is 0 Å². The van der Waals surface area contributed by atoms with Crippen LogP contribution in [-0.4, -0.2) is 47.4 Å². The Morgan fingerprint density at radius 3 is 2.59 bits per heavy atom. The lowest BCUT2D eigenvalue weighted by Gasteiger charge is -2.18. The van der Waals surface area contributed by atoms with Crippen molar-refractivity contribution in [2.45, 2.75) is 25.1 Å². The monoisotopic (exact) mass is 323 g/mol. The number of aromatic nitrogens is 1. The number of carbonyl (C=O) groups is 1. The highest BCUT2D eigenvalue weighted by molar-refractivity contribution is 5.92. The van der Waals surface area contributed by atoms with Gasteiger partial charge in [-0.15, -0.1) is 0 Å². The van der Waals surface area contributed by atoms with Gasteiger partial charge in [-0.1, -0.05) is 6.92 Å². The number of nitrogens with one attached hydrogen (secondary N) is 1. The number of halogens is 5. The van der Waals surface area contributed by atoms with Crippen LogP contribution in [0.4, 0.5) is 22.0 Å². The van der Waals surface area contributed by atoms with Gasteiger partial charge in [0.15, 0.2) is 0 Å². The van der Waals surface area contributed by atoms with Crippen molar-refractivity contribution < 1.29 is 26.7 Å². The average molecular weight is 323 g/mol. The standard InChI is InChI=1S/C13H14F5N3O/c1-2-21-6-10(12(14,15)7-21)20-11(22)9-4-3-8(5-19-9)13(16,17)18/h3-5,10H,2,6-7H2,1H3,(H,20,22). The fraction of sp³-hybridized carbons (Fsp3) is 0.538. The molecule has 1 aliphatic heterocycles. The third kappa shape index (κ3) is 3.52. The summed E-state index contributed by atoms with van der Waals surface area (Å²) in [5.74, 6) is -4.01. The van der Waals surface area contributed by atoms with Gasteiger partial charge in [0, 0.05) is 12.7 Å². The highest BCUT2D eigenvalue weighted by atomic mass is 19.4. The average Bonchev–Trinajstić information content (AvgIpc) is 2.72. The summed E-state index contributed by atoms with van der Waals surface area (Å²) in [6.45, 7) is 1.66. The molecule has 1 N–H and O–H groups in total. The van der Waals surface area contributed by atoms with Gasteiger partial charge in [0.05, 0.1) is 12.1 Å². The zero-order valence-corrected chi connectivity index (χ0v) is 11.6. The predicted octanol–water partition coefficient (Wildman–Crippen LogP) is 2.17. The van der Waals surface area contributed by atoms with Crippen LogP contribution in [-0.2, 0) is 6.18 Å². The molecular weight excluding hydrogens is 309 g/mol. The first kappa shape index (κ1) is 16.6. The summed E-state index contributed by atoms with van der Waals surface area (Å²) < 4.78 is 64.6. The summed E-state index contributed by atoms with van der Waals surface area (Å²) >= 11 is 0. The molecule has 0 bridgehead atoms. The summed E-state index contributed by atoms with van der Waals surface area (Å²) in [6, 6.07) is 0.166. The van der Waals surface area contributed by atoms with Crippen molar-refractivity contribution in [3.05, 3.63) is 29.6 Å². The second-order valence-corrected chi connectivity index (χ2v) is 5.04. The minimum absolute atomic E-state index is 0.0180. The van der Waals surface area contributed by atoms with Gasteiger partial charge in [-0.25, -0.2) is 8.78 Å². The number of pyridine rings is 1. The third-order valence-electron chi connectivity index (χ3n) is 3.46. The molecule has 1 fully saturated rings. The number of amides is 1. The molecular formula is C13H14F5N3O. The number of hydrogen-bond acceptors (Lipinski definition) is 3. The first-order valence-corrected chi connectivity index (χ1v) is 6.58. The van der Waals surface area contributed by atoms with Crippen LogP contribution in [0.15, 0.2) is 18.3 Å². The highest BCUT2D eigenvalue weighted by Crippen LogP contribution is 2.29. The number of alkyl halides is 5. The van der Waals surface area contributed by atoms with Crippen molar-refractivity contribution in [1.82, 2.24) is 15.2 Å². The minimum atomic E-state index is -4.57. The molecule has 0 aliphatic carbocycles. The minimum Gasteiger partial charge on any atom is -0.341 e. The quantitative estimate of drug-likeness (QED) is 0.867. The summed E-state index contributed by atoms with van der Waals surface area (Å²) in [7, 11) is 0. The molecule has 2 heterocycles. The fourth-order valence-electron chi connectivity index (χ4n) is 2.18. The number of rotatable bonds is 3. The Kier molecular flexibility index (Phi) is 4.37. The molecule has 1 amide bonds. The van der Waals surface area contributed by atoms with Crippen LogP contribution in [0.1, 0.15) is 23.0 Å². The van der Waals surface area contributed by atoms with E-state index in [0.717, 1.165) is 6.07 Å². The number of likely N-dealkylation sites (N-methyl/N-ethyl adjacent to an activating group) is 1. The molecule has 0 spiro atoms. The van der Waals surface area contributed by atoms with Gasteiger partial charge in [-0.3, -0.25) is 14.7 Å². The molecule has 1 aromatic rings. The molecule has 2 rings (SSSR count). The van der Waals surface area contributed by atoms with Gasteiger partial charge >= 0.3 is 6.18 Å². The Morgan fingerprint density at radius 2 is 2.14 bits per heavy atom. The highest BCUT2D eigenvalue weighted by Gasteiger charge is 2.48. The molecule has 22 heavy (non-hydrogen) atoms. The van der Waals surface area contributed by atoms with Crippen LogP contribution >= 0.6 is 0 Å². The van der Waals surface area contributed by atoms with Crippen molar-refractivity contribution in [3.8, 4) is 0 Å². The van der Waals surface area contributed by atoms with E-state index in [9.17, 15) is 26.7 Å². The van der Waals surface area contributed by atoms with Crippen LogP contribution in [0.5, 0.6) is 0 Å². The summed E-state index contributed by atoms with van der Waals surface area (Å²) in [4.78, 5) is 16.7. The predicted molar refractivity (Wildman–Crippen MR) is 67.6 cm³/mol. The maximum absolute atomic E-state index is 13.7.